The van der Waals surface area contributed by atoms with Gasteiger partial charge in [-0.25, -0.2) is 0 Å². The third kappa shape index (κ3) is 4.64. The van der Waals surface area contributed by atoms with E-state index in [1.165, 1.54) is 17.3 Å². The van der Waals surface area contributed by atoms with E-state index in [0.717, 1.165) is 19.5 Å². The van der Waals surface area contributed by atoms with E-state index in [9.17, 15) is 9.90 Å². The number of aliphatic hydroxyl groups excluding tert-OH is 1. The number of ether oxygens (including phenoxy) is 1. The van der Waals surface area contributed by atoms with Gasteiger partial charge in [0.05, 0.1) is 37.1 Å². The second-order valence-electron chi connectivity index (χ2n) is 7.33. The SMILES string of the molecule is O=C(NCC(O)CN1CCc2ccccc2C1)c1cnnc(NC2COC2)c1. The molecule has 2 aliphatic heterocycles. The van der Waals surface area contributed by atoms with Crippen LogP contribution in [0.3, 0.4) is 0 Å². The highest BCUT2D eigenvalue weighted by molar-refractivity contribution is 5.94. The number of aliphatic hydroxyl groups is 1. The molecule has 1 saturated heterocycles. The van der Waals surface area contributed by atoms with E-state index in [2.05, 4.69) is 43.9 Å². The van der Waals surface area contributed by atoms with Crippen LogP contribution < -0.4 is 10.6 Å². The molecule has 28 heavy (non-hydrogen) atoms. The zero-order valence-corrected chi connectivity index (χ0v) is 15.7. The number of anilines is 1. The lowest BCUT2D eigenvalue weighted by Gasteiger charge is -2.30. The number of nitrogens with zero attached hydrogens (tertiary/aromatic N) is 3. The summed E-state index contributed by atoms with van der Waals surface area (Å²) in [6, 6.07) is 10.3. The summed E-state index contributed by atoms with van der Waals surface area (Å²) in [5, 5.41) is 24.2. The molecule has 3 N–H and O–H groups in total. The van der Waals surface area contributed by atoms with Crippen molar-refractivity contribution in [3.05, 3.63) is 53.2 Å². The van der Waals surface area contributed by atoms with Crippen LogP contribution in [0.2, 0.25) is 0 Å². The van der Waals surface area contributed by atoms with Gasteiger partial charge in [-0.3, -0.25) is 9.69 Å². The summed E-state index contributed by atoms with van der Waals surface area (Å²) < 4.78 is 5.11. The highest BCUT2D eigenvalue weighted by Gasteiger charge is 2.20. The Morgan fingerprint density at radius 2 is 2.14 bits per heavy atom. The van der Waals surface area contributed by atoms with E-state index in [-0.39, 0.29) is 18.5 Å². The lowest BCUT2D eigenvalue weighted by atomic mass is 10.00. The van der Waals surface area contributed by atoms with Crippen LogP contribution in [-0.4, -0.2) is 71.1 Å². The summed E-state index contributed by atoms with van der Waals surface area (Å²) in [6.07, 6.45) is 1.78. The Bertz CT molecular complexity index is 827. The third-order valence-corrected chi connectivity index (χ3v) is 5.08. The first-order valence-corrected chi connectivity index (χ1v) is 9.60. The molecule has 1 amide bonds. The van der Waals surface area contributed by atoms with Crippen LogP contribution in [0.1, 0.15) is 21.5 Å². The Hall–Kier alpha value is -2.55. The first-order valence-electron chi connectivity index (χ1n) is 9.60. The Morgan fingerprint density at radius 1 is 1.32 bits per heavy atom. The van der Waals surface area contributed by atoms with Gasteiger partial charge in [0.2, 0.25) is 0 Å². The molecule has 0 spiro atoms. The molecule has 148 valence electrons. The number of benzene rings is 1. The summed E-state index contributed by atoms with van der Waals surface area (Å²) in [5.74, 6) is 0.277. The fourth-order valence-electron chi connectivity index (χ4n) is 3.47. The van der Waals surface area contributed by atoms with Crippen LogP contribution >= 0.6 is 0 Å². The minimum Gasteiger partial charge on any atom is -0.390 e. The van der Waals surface area contributed by atoms with Crippen molar-refractivity contribution in [2.75, 3.05) is 38.2 Å². The predicted molar refractivity (Wildman–Crippen MR) is 104 cm³/mol. The Labute approximate surface area is 163 Å². The normalized spacial score (nSPS) is 18.0. The quantitative estimate of drug-likeness (QED) is 0.638. The van der Waals surface area contributed by atoms with Crippen molar-refractivity contribution in [2.45, 2.75) is 25.1 Å². The maximum Gasteiger partial charge on any atom is 0.253 e. The van der Waals surface area contributed by atoms with Gasteiger partial charge in [-0.05, 0) is 23.6 Å². The molecule has 1 atom stereocenters. The molecule has 0 bridgehead atoms. The van der Waals surface area contributed by atoms with E-state index in [4.69, 9.17) is 4.74 Å². The summed E-state index contributed by atoms with van der Waals surface area (Å²) in [7, 11) is 0. The number of nitrogens with one attached hydrogen (secondary N) is 2. The third-order valence-electron chi connectivity index (χ3n) is 5.08. The number of carbonyl (C=O) groups is 1. The van der Waals surface area contributed by atoms with Gasteiger partial charge in [-0.2, -0.15) is 5.10 Å². The predicted octanol–water partition coefficient (Wildman–Crippen LogP) is 0.436. The van der Waals surface area contributed by atoms with Gasteiger partial charge in [-0.15, -0.1) is 5.10 Å². The number of hydrogen-bond donors (Lipinski definition) is 3. The van der Waals surface area contributed by atoms with Gasteiger partial charge in [-0.1, -0.05) is 24.3 Å². The summed E-state index contributed by atoms with van der Waals surface area (Å²) >= 11 is 0. The molecular weight excluding hydrogens is 358 g/mol. The van der Waals surface area contributed by atoms with Crippen molar-refractivity contribution < 1.29 is 14.6 Å². The molecule has 2 aliphatic rings. The van der Waals surface area contributed by atoms with Crippen molar-refractivity contribution in [1.29, 1.82) is 0 Å². The standard InChI is InChI=1S/C20H25N5O3/c26-18(11-25-6-5-14-3-1-2-4-15(14)10-25)9-21-20(27)16-7-19(24-22-8-16)23-17-12-28-13-17/h1-4,7-8,17-18,26H,5-6,9-13H2,(H,21,27)(H,23,24). The molecule has 8 heteroatoms. The van der Waals surface area contributed by atoms with Crippen LogP contribution in [0, 0.1) is 0 Å². The van der Waals surface area contributed by atoms with Crippen LogP contribution in [0.25, 0.3) is 0 Å². The fourth-order valence-corrected chi connectivity index (χ4v) is 3.47. The molecule has 0 saturated carbocycles. The number of carbonyl (C=O) groups excluding carboxylic acids is 1. The second kappa shape index (κ2) is 8.64. The van der Waals surface area contributed by atoms with Crippen LogP contribution in [0.5, 0.6) is 0 Å². The number of aromatic nitrogens is 2. The monoisotopic (exact) mass is 383 g/mol. The molecule has 1 aromatic carbocycles. The molecule has 1 fully saturated rings. The molecule has 2 aromatic rings. The fraction of sp³-hybridized carbons (Fsp3) is 0.450. The van der Waals surface area contributed by atoms with E-state index in [1.807, 2.05) is 6.07 Å². The highest BCUT2D eigenvalue weighted by Crippen LogP contribution is 2.18. The summed E-state index contributed by atoms with van der Waals surface area (Å²) in [6.45, 7) is 3.72. The van der Waals surface area contributed by atoms with Crippen LogP contribution in [-0.2, 0) is 17.7 Å². The summed E-state index contributed by atoms with van der Waals surface area (Å²) in [5.41, 5.74) is 3.10. The van der Waals surface area contributed by atoms with E-state index in [0.29, 0.717) is 31.1 Å². The first kappa shape index (κ1) is 18.8. The Morgan fingerprint density at radius 3 is 2.93 bits per heavy atom. The molecular formula is C20H25N5O3. The molecule has 3 heterocycles. The van der Waals surface area contributed by atoms with Crippen molar-refractivity contribution in [3.8, 4) is 0 Å². The Balaban J connectivity index is 1.25. The maximum atomic E-state index is 12.4. The van der Waals surface area contributed by atoms with Gasteiger partial charge >= 0.3 is 0 Å². The largest absolute Gasteiger partial charge is 0.390 e. The molecule has 0 radical (unpaired) electrons. The van der Waals surface area contributed by atoms with Gasteiger partial charge in [0.15, 0.2) is 0 Å². The molecule has 1 aromatic heterocycles. The van der Waals surface area contributed by atoms with Crippen molar-refractivity contribution in [2.24, 2.45) is 0 Å². The molecule has 0 aliphatic carbocycles. The van der Waals surface area contributed by atoms with Gasteiger partial charge in [0, 0.05) is 26.2 Å². The number of fused-ring (bicyclic) bond motifs is 1. The van der Waals surface area contributed by atoms with Crippen molar-refractivity contribution >= 4 is 11.7 Å². The number of β-amino-alcohol motifs (C(OH)–C–C–N with tert-alkyl or cyclic N) is 1. The lowest BCUT2D eigenvalue weighted by Crippen LogP contribution is -2.42. The average molecular weight is 383 g/mol. The van der Waals surface area contributed by atoms with Gasteiger partial charge in [0.1, 0.15) is 5.82 Å². The minimum absolute atomic E-state index is 0.193. The Kier molecular flexibility index (Phi) is 5.80. The van der Waals surface area contributed by atoms with E-state index >= 15 is 0 Å². The van der Waals surface area contributed by atoms with Crippen LogP contribution in [0.4, 0.5) is 5.82 Å². The average Bonchev–Trinajstić information content (AvgIpc) is 2.69. The first-order chi connectivity index (χ1) is 13.7. The zero-order chi connectivity index (χ0) is 19.3. The number of rotatable bonds is 7. The van der Waals surface area contributed by atoms with E-state index < -0.39 is 6.10 Å². The van der Waals surface area contributed by atoms with Gasteiger partial charge < -0.3 is 20.5 Å². The molecule has 4 rings (SSSR count). The highest BCUT2D eigenvalue weighted by atomic mass is 16.5. The topological polar surface area (TPSA) is 99.6 Å². The van der Waals surface area contributed by atoms with Gasteiger partial charge in [0.25, 0.3) is 5.91 Å². The maximum absolute atomic E-state index is 12.4. The molecule has 8 nitrogen and oxygen atoms in total. The van der Waals surface area contributed by atoms with Crippen molar-refractivity contribution in [3.63, 3.8) is 0 Å². The molecule has 1 unspecified atom stereocenters. The minimum atomic E-state index is -0.631. The number of amides is 1. The number of hydrogen-bond acceptors (Lipinski definition) is 7. The second-order valence-corrected chi connectivity index (χ2v) is 7.33. The van der Waals surface area contributed by atoms with E-state index in [1.54, 1.807) is 6.07 Å². The summed E-state index contributed by atoms with van der Waals surface area (Å²) in [4.78, 5) is 14.6. The smallest absolute Gasteiger partial charge is 0.253 e. The van der Waals surface area contributed by atoms with Crippen molar-refractivity contribution in [1.82, 2.24) is 20.4 Å². The zero-order valence-electron chi connectivity index (χ0n) is 15.7. The lowest BCUT2D eigenvalue weighted by molar-refractivity contribution is 0.0209. The van der Waals surface area contributed by atoms with Crippen LogP contribution in [0.15, 0.2) is 36.5 Å².